The first kappa shape index (κ1) is 18.1. The summed E-state index contributed by atoms with van der Waals surface area (Å²) < 4.78 is 1.91. The largest absolute Gasteiger partial charge is 0.366 e. The number of primary amides is 1. The maximum absolute atomic E-state index is 12.1. The Morgan fingerprint density at radius 3 is 2.62 bits per heavy atom. The second-order valence-electron chi connectivity index (χ2n) is 6.68. The van der Waals surface area contributed by atoms with E-state index in [2.05, 4.69) is 12.0 Å². The summed E-state index contributed by atoms with van der Waals surface area (Å²) in [4.78, 5) is 30.0. The number of nitrogens with two attached hydrogens (primary N) is 1. The molecule has 2 aromatic rings. The molecule has 0 spiro atoms. The molecule has 1 aromatic carbocycles. The van der Waals surface area contributed by atoms with E-state index in [1.165, 1.54) is 0 Å². The first-order chi connectivity index (χ1) is 12.5. The zero-order valence-corrected chi connectivity index (χ0v) is 15.3. The van der Waals surface area contributed by atoms with Crippen LogP contribution < -0.4 is 5.73 Å². The molecule has 2 N–H and O–H groups in total. The average molecular weight is 355 g/mol. The fourth-order valence-electron chi connectivity index (χ4n) is 3.26. The van der Waals surface area contributed by atoms with E-state index in [4.69, 9.17) is 10.7 Å². The van der Waals surface area contributed by atoms with E-state index in [0.717, 1.165) is 43.7 Å². The van der Waals surface area contributed by atoms with Gasteiger partial charge in [-0.15, -0.1) is 0 Å². The maximum atomic E-state index is 12.1. The van der Waals surface area contributed by atoms with Crippen molar-refractivity contribution in [3.8, 4) is 11.4 Å². The third-order valence-corrected chi connectivity index (χ3v) is 4.80. The fourth-order valence-corrected chi connectivity index (χ4v) is 3.26. The number of hydrogen-bond acceptors (Lipinski definition) is 4. The molecular weight excluding hydrogens is 330 g/mol. The van der Waals surface area contributed by atoms with Crippen LogP contribution in [0.3, 0.4) is 0 Å². The summed E-state index contributed by atoms with van der Waals surface area (Å²) in [6.07, 6.45) is 3.55. The minimum Gasteiger partial charge on any atom is -0.366 e. The lowest BCUT2D eigenvalue weighted by Gasteiger charge is -2.23. The van der Waals surface area contributed by atoms with Crippen molar-refractivity contribution in [2.24, 2.45) is 5.73 Å². The quantitative estimate of drug-likeness (QED) is 0.826. The van der Waals surface area contributed by atoms with Crippen molar-refractivity contribution >= 4 is 11.8 Å². The molecule has 0 aliphatic carbocycles. The van der Waals surface area contributed by atoms with E-state index in [-0.39, 0.29) is 11.9 Å². The summed E-state index contributed by atoms with van der Waals surface area (Å²) in [5, 5.41) is 4.66. The molecule has 3 rings (SSSR count). The monoisotopic (exact) mass is 355 g/mol. The minimum absolute atomic E-state index is 0.104. The third-order valence-electron chi connectivity index (χ3n) is 4.80. The standard InChI is InChI=1S/C19H25N5O2/c1-3-4-12-24-19(13(2)23-11-5-6-16(23)25)21-18(22-24)15-9-7-14(8-10-15)17(20)26/h7-10,13H,3-6,11-12H2,1-2H3,(H2,20,26)/t13-/m0/s1. The molecule has 0 radical (unpaired) electrons. The van der Waals surface area contributed by atoms with Gasteiger partial charge in [0.05, 0.1) is 6.04 Å². The topological polar surface area (TPSA) is 94.1 Å². The Balaban J connectivity index is 1.93. The van der Waals surface area contributed by atoms with Gasteiger partial charge in [0.1, 0.15) is 5.82 Å². The van der Waals surface area contributed by atoms with Crippen LogP contribution in [0.4, 0.5) is 0 Å². The van der Waals surface area contributed by atoms with Crippen molar-refractivity contribution in [1.82, 2.24) is 19.7 Å². The van der Waals surface area contributed by atoms with Gasteiger partial charge in [0.15, 0.2) is 5.82 Å². The Bertz CT molecular complexity index is 797. The molecule has 1 saturated heterocycles. The summed E-state index contributed by atoms with van der Waals surface area (Å²) in [6, 6.07) is 6.85. The Hall–Kier alpha value is -2.70. The minimum atomic E-state index is -0.458. The molecule has 2 amide bonds. The summed E-state index contributed by atoms with van der Waals surface area (Å²) in [5.41, 5.74) is 6.58. The van der Waals surface area contributed by atoms with E-state index in [9.17, 15) is 9.59 Å². The second kappa shape index (κ2) is 7.68. The van der Waals surface area contributed by atoms with Crippen LogP contribution in [0, 0.1) is 0 Å². The van der Waals surface area contributed by atoms with Crippen LogP contribution >= 0.6 is 0 Å². The van der Waals surface area contributed by atoms with Crippen LogP contribution in [0.2, 0.25) is 0 Å². The van der Waals surface area contributed by atoms with Gasteiger partial charge in [0.2, 0.25) is 11.8 Å². The Morgan fingerprint density at radius 1 is 1.31 bits per heavy atom. The molecular formula is C19H25N5O2. The number of carbonyl (C=O) groups excluding carboxylic acids is 2. The highest BCUT2D eigenvalue weighted by Gasteiger charge is 2.29. The lowest BCUT2D eigenvalue weighted by atomic mass is 10.1. The number of hydrogen-bond donors (Lipinski definition) is 1. The summed E-state index contributed by atoms with van der Waals surface area (Å²) in [6.45, 7) is 5.68. The molecule has 1 atom stereocenters. The average Bonchev–Trinajstić information content (AvgIpc) is 3.26. The second-order valence-corrected chi connectivity index (χ2v) is 6.68. The van der Waals surface area contributed by atoms with Gasteiger partial charge < -0.3 is 10.6 Å². The SMILES string of the molecule is CCCCn1nc(-c2ccc(C(N)=O)cc2)nc1[C@H](C)N1CCCC1=O. The van der Waals surface area contributed by atoms with Crippen LogP contribution in [0.5, 0.6) is 0 Å². The number of amides is 2. The van der Waals surface area contributed by atoms with Crippen molar-refractivity contribution in [2.45, 2.75) is 52.1 Å². The Morgan fingerprint density at radius 2 is 2.04 bits per heavy atom. The van der Waals surface area contributed by atoms with Gasteiger partial charge in [-0.3, -0.25) is 9.59 Å². The molecule has 0 unspecified atom stereocenters. The Kier molecular flexibility index (Phi) is 5.35. The van der Waals surface area contributed by atoms with E-state index < -0.39 is 5.91 Å². The molecule has 1 aromatic heterocycles. The normalized spacial score (nSPS) is 15.5. The van der Waals surface area contributed by atoms with Crippen molar-refractivity contribution in [3.05, 3.63) is 35.7 Å². The van der Waals surface area contributed by atoms with E-state index in [0.29, 0.717) is 17.8 Å². The van der Waals surface area contributed by atoms with Gasteiger partial charge in [-0.05, 0) is 31.9 Å². The number of aryl methyl sites for hydroxylation is 1. The smallest absolute Gasteiger partial charge is 0.248 e. The summed E-state index contributed by atoms with van der Waals surface area (Å²) >= 11 is 0. The molecule has 7 nitrogen and oxygen atoms in total. The number of unbranched alkanes of at least 4 members (excludes halogenated alkanes) is 1. The summed E-state index contributed by atoms with van der Waals surface area (Å²) in [7, 11) is 0. The number of aromatic nitrogens is 3. The van der Waals surface area contributed by atoms with Crippen LogP contribution in [0.25, 0.3) is 11.4 Å². The number of nitrogens with zero attached hydrogens (tertiary/aromatic N) is 4. The van der Waals surface area contributed by atoms with Crippen molar-refractivity contribution in [1.29, 1.82) is 0 Å². The lowest BCUT2D eigenvalue weighted by Crippen LogP contribution is -2.30. The predicted molar refractivity (Wildman–Crippen MR) is 98.2 cm³/mol. The number of carbonyl (C=O) groups is 2. The Labute approximate surface area is 153 Å². The van der Waals surface area contributed by atoms with Gasteiger partial charge in [0, 0.05) is 30.6 Å². The highest BCUT2D eigenvalue weighted by Crippen LogP contribution is 2.27. The fraction of sp³-hybridized carbons (Fsp3) is 0.474. The van der Waals surface area contributed by atoms with Crippen LogP contribution in [0.1, 0.15) is 61.8 Å². The summed E-state index contributed by atoms with van der Waals surface area (Å²) in [5.74, 6) is 1.13. The van der Waals surface area contributed by atoms with E-state index >= 15 is 0 Å². The molecule has 138 valence electrons. The zero-order chi connectivity index (χ0) is 18.7. The molecule has 1 aliphatic rings. The van der Waals surface area contributed by atoms with Crippen molar-refractivity contribution in [3.63, 3.8) is 0 Å². The van der Waals surface area contributed by atoms with Crippen molar-refractivity contribution < 1.29 is 9.59 Å². The van der Waals surface area contributed by atoms with Crippen LogP contribution in [-0.2, 0) is 11.3 Å². The van der Waals surface area contributed by atoms with Crippen LogP contribution in [-0.4, -0.2) is 38.0 Å². The van der Waals surface area contributed by atoms with Gasteiger partial charge in [-0.2, -0.15) is 5.10 Å². The molecule has 0 saturated carbocycles. The predicted octanol–water partition coefficient (Wildman–Crippen LogP) is 2.53. The molecule has 1 aliphatic heterocycles. The van der Waals surface area contributed by atoms with E-state index in [1.807, 2.05) is 16.5 Å². The number of benzene rings is 1. The number of likely N-dealkylation sites (tertiary alicyclic amines) is 1. The maximum Gasteiger partial charge on any atom is 0.248 e. The highest BCUT2D eigenvalue weighted by molar-refractivity contribution is 5.93. The van der Waals surface area contributed by atoms with Crippen LogP contribution in [0.15, 0.2) is 24.3 Å². The van der Waals surface area contributed by atoms with E-state index in [1.54, 1.807) is 24.3 Å². The van der Waals surface area contributed by atoms with Gasteiger partial charge in [-0.1, -0.05) is 25.5 Å². The molecule has 1 fully saturated rings. The first-order valence-corrected chi connectivity index (χ1v) is 9.15. The van der Waals surface area contributed by atoms with Gasteiger partial charge in [-0.25, -0.2) is 9.67 Å². The third kappa shape index (κ3) is 3.61. The number of rotatable bonds is 7. The molecule has 0 bridgehead atoms. The first-order valence-electron chi connectivity index (χ1n) is 9.15. The zero-order valence-electron chi connectivity index (χ0n) is 15.3. The molecule has 26 heavy (non-hydrogen) atoms. The molecule has 2 heterocycles. The van der Waals surface area contributed by atoms with Crippen molar-refractivity contribution in [2.75, 3.05) is 6.54 Å². The van der Waals surface area contributed by atoms with Gasteiger partial charge in [0.25, 0.3) is 0 Å². The highest BCUT2D eigenvalue weighted by atomic mass is 16.2. The molecule has 7 heteroatoms. The van der Waals surface area contributed by atoms with Gasteiger partial charge >= 0.3 is 0 Å². The lowest BCUT2D eigenvalue weighted by molar-refractivity contribution is -0.129.